The lowest BCUT2D eigenvalue weighted by molar-refractivity contribution is -0.384. The van der Waals surface area contributed by atoms with Crippen molar-refractivity contribution in [2.75, 3.05) is 0 Å². The highest BCUT2D eigenvalue weighted by atomic mass is 32.1. The van der Waals surface area contributed by atoms with Gasteiger partial charge < -0.3 is 10.5 Å². The van der Waals surface area contributed by atoms with Gasteiger partial charge in [-0.3, -0.25) is 14.9 Å². The second-order valence-corrected chi connectivity index (χ2v) is 5.12. The number of primary amides is 1. The van der Waals surface area contributed by atoms with Gasteiger partial charge in [-0.2, -0.15) is 0 Å². The molecule has 0 saturated carbocycles. The molecule has 0 saturated heterocycles. The summed E-state index contributed by atoms with van der Waals surface area (Å²) in [6.07, 6.45) is -1.03. The van der Waals surface area contributed by atoms with Crippen LogP contribution in [-0.2, 0) is 9.53 Å². The van der Waals surface area contributed by atoms with E-state index < -0.39 is 22.9 Å². The first-order valence-electron chi connectivity index (χ1n) is 5.57. The van der Waals surface area contributed by atoms with Crippen LogP contribution in [0.25, 0.3) is 10.1 Å². The smallest absolute Gasteiger partial charge is 0.349 e. The summed E-state index contributed by atoms with van der Waals surface area (Å²) in [4.78, 5) is 33.0. The lowest BCUT2D eigenvalue weighted by Crippen LogP contribution is -2.30. The predicted molar refractivity (Wildman–Crippen MR) is 72.6 cm³/mol. The molecule has 1 heterocycles. The maximum Gasteiger partial charge on any atom is 0.349 e. The molecular weight excluding hydrogens is 284 g/mol. The van der Waals surface area contributed by atoms with Crippen LogP contribution in [0.15, 0.2) is 24.3 Å². The third-order valence-corrected chi connectivity index (χ3v) is 3.69. The molecule has 2 rings (SSSR count). The van der Waals surface area contributed by atoms with Gasteiger partial charge >= 0.3 is 5.97 Å². The van der Waals surface area contributed by atoms with Gasteiger partial charge in [-0.05, 0) is 19.1 Å². The van der Waals surface area contributed by atoms with Crippen molar-refractivity contribution in [1.82, 2.24) is 0 Å². The molecule has 1 aromatic heterocycles. The van der Waals surface area contributed by atoms with Gasteiger partial charge in [0.15, 0.2) is 6.10 Å². The Labute approximate surface area is 117 Å². The second kappa shape index (κ2) is 5.25. The van der Waals surface area contributed by atoms with E-state index in [-0.39, 0.29) is 10.6 Å². The van der Waals surface area contributed by atoms with Crippen molar-refractivity contribution in [2.45, 2.75) is 13.0 Å². The van der Waals surface area contributed by atoms with Crippen molar-refractivity contribution in [1.29, 1.82) is 0 Å². The molecule has 1 amide bonds. The first kappa shape index (κ1) is 13.9. The fraction of sp³-hybridized carbons (Fsp3) is 0.167. The highest BCUT2D eigenvalue weighted by Crippen LogP contribution is 2.29. The van der Waals surface area contributed by atoms with E-state index in [1.54, 1.807) is 6.07 Å². The summed E-state index contributed by atoms with van der Waals surface area (Å²) in [5.74, 6) is -1.42. The van der Waals surface area contributed by atoms with Gasteiger partial charge in [-0.15, -0.1) is 11.3 Å². The number of fused-ring (bicyclic) bond motifs is 1. The molecule has 2 aromatic rings. The molecule has 0 radical (unpaired) electrons. The van der Waals surface area contributed by atoms with Crippen molar-refractivity contribution in [3.63, 3.8) is 0 Å². The lowest BCUT2D eigenvalue weighted by Gasteiger charge is -2.07. The Morgan fingerprint density at radius 1 is 1.40 bits per heavy atom. The van der Waals surface area contributed by atoms with E-state index in [0.29, 0.717) is 10.1 Å². The van der Waals surface area contributed by atoms with Crippen molar-refractivity contribution < 1.29 is 19.2 Å². The average Bonchev–Trinajstić information content (AvgIpc) is 2.80. The summed E-state index contributed by atoms with van der Waals surface area (Å²) in [6.45, 7) is 1.37. The van der Waals surface area contributed by atoms with Crippen LogP contribution in [0, 0.1) is 10.1 Å². The number of nitrogens with two attached hydrogens (primary N) is 1. The minimum absolute atomic E-state index is 0.0549. The number of carbonyl (C=O) groups is 2. The van der Waals surface area contributed by atoms with Crippen LogP contribution >= 0.6 is 11.3 Å². The number of amides is 1. The molecule has 0 aliphatic rings. The van der Waals surface area contributed by atoms with Gasteiger partial charge in [0.1, 0.15) is 4.88 Å². The van der Waals surface area contributed by atoms with Crippen molar-refractivity contribution in [3.8, 4) is 0 Å². The zero-order valence-electron chi connectivity index (χ0n) is 10.4. The lowest BCUT2D eigenvalue weighted by atomic mass is 10.2. The quantitative estimate of drug-likeness (QED) is 0.525. The van der Waals surface area contributed by atoms with Crippen molar-refractivity contribution in [2.24, 2.45) is 5.73 Å². The maximum absolute atomic E-state index is 11.8. The predicted octanol–water partition coefficient (Wildman–Crippen LogP) is 1.84. The number of esters is 1. The molecule has 0 aliphatic carbocycles. The van der Waals surface area contributed by atoms with Gasteiger partial charge in [0.25, 0.3) is 11.6 Å². The normalized spacial score (nSPS) is 12.1. The van der Waals surface area contributed by atoms with Gasteiger partial charge in [-0.1, -0.05) is 0 Å². The van der Waals surface area contributed by atoms with Crippen LogP contribution in [-0.4, -0.2) is 22.9 Å². The van der Waals surface area contributed by atoms with Crippen LogP contribution < -0.4 is 5.73 Å². The number of ether oxygens (including phenoxy) is 1. The number of benzene rings is 1. The highest BCUT2D eigenvalue weighted by molar-refractivity contribution is 7.20. The van der Waals surface area contributed by atoms with E-state index in [4.69, 9.17) is 10.5 Å². The van der Waals surface area contributed by atoms with Crippen molar-refractivity contribution >= 4 is 39.0 Å². The third kappa shape index (κ3) is 2.75. The van der Waals surface area contributed by atoms with E-state index in [1.807, 2.05) is 0 Å². The summed E-state index contributed by atoms with van der Waals surface area (Å²) in [6, 6.07) is 5.79. The molecule has 20 heavy (non-hydrogen) atoms. The molecule has 104 valence electrons. The largest absolute Gasteiger partial charge is 0.448 e. The van der Waals surface area contributed by atoms with Crippen LogP contribution in [0.2, 0.25) is 0 Å². The molecular formula is C12H10N2O5S. The Morgan fingerprint density at radius 3 is 2.70 bits per heavy atom. The Bertz CT molecular complexity index is 709. The van der Waals surface area contributed by atoms with Crippen LogP contribution in [0.1, 0.15) is 16.6 Å². The summed E-state index contributed by atoms with van der Waals surface area (Å²) in [5, 5.41) is 11.2. The number of thiophene rings is 1. The molecule has 0 spiro atoms. The molecule has 0 unspecified atom stereocenters. The number of nitrogens with zero attached hydrogens (tertiary/aromatic N) is 1. The summed E-state index contributed by atoms with van der Waals surface area (Å²) in [5.41, 5.74) is 4.95. The number of hydrogen-bond donors (Lipinski definition) is 1. The first-order chi connectivity index (χ1) is 9.38. The minimum Gasteiger partial charge on any atom is -0.448 e. The fourth-order valence-electron chi connectivity index (χ4n) is 1.52. The maximum atomic E-state index is 11.8. The van der Waals surface area contributed by atoms with Crippen molar-refractivity contribution in [3.05, 3.63) is 39.3 Å². The van der Waals surface area contributed by atoms with Gasteiger partial charge in [0, 0.05) is 22.2 Å². The van der Waals surface area contributed by atoms with E-state index in [1.165, 1.54) is 25.1 Å². The molecule has 7 nitrogen and oxygen atoms in total. The van der Waals surface area contributed by atoms with E-state index in [0.717, 1.165) is 11.3 Å². The molecule has 8 heteroatoms. The highest BCUT2D eigenvalue weighted by Gasteiger charge is 2.19. The van der Waals surface area contributed by atoms with Gasteiger partial charge in [0.2, 0.25) is 0 Å². The standard InChI is InChI=1S/C12H10N2O5S/c1-6(11(13)15)19-12(16)10-5-7-4-8(14(17)18)2-3-9(7)20-10/h2-6H,1H3,(H2,13,15)/t6-/m1/s1. The number of rotatable bonds is 4. The molecule has 0 aliphatic heterocycles. The molecule has 0 fully saturated rings. The zero-order valence-corrected chi connectivity index (χ0v) is 11.2. The van der Waals surface area contributed by atoms with Crippen LogP contribution in [0.3, 0.4) is 0 Å². The third-order valence-electron chi connectivity index (χ3n) is 2.60. The van der Waals surface area contributed by atoms with E-state index in [2.05, 4.69) is 0 Å². The fourth-order valence-corrected chi connectivity index (χ4v) is 2.45. The molecule has 1 aromatic carbocycles. The summed E-state index contributed by atoms with van der Waals surface area (Å²) in [7, 11) is 0. The Balaban J connectivity index is 2.29. The molecule has 1 atom stereocenters. The number of non-ortho nitro benzene ring substituents is 1. The van der Waals surface area contributed by atoms with Gasteiger partial charge in [-0.25, -0.2) is 4.79 Å². The summed E-state index contributed by atoms with van der Waals surface area (Å²) < 4.78 is 5.59. The Hall–Kier alpha value is -2.48. The number of nitro groups is 1. The zero-order chi connectivity index (χ0) is 14.9. The average molecular weight is 294 g/mol. The monoisotopic (exact) mass is 294 g/mol. The number of carbonyl (C=O) groups excluding carboxylic acids is 2. The minimum atomic E-state index is -1.03. The summed E-state index contributed by atoms with van der Waals surface area (Å²) >= 11 is 1.13. The second-order valence-electron chi connectivity index (χ2n) is 4.04. The number of nitro benzene ring substituents is 1. The molecule has 2 N–H and O–H groups in total. The van der Waals surface area contributed by atoms with Crippen LogP contribution in [0.4, 0.5) is 5.69 Å². The molecule has 0 bridgehead atoms. The Morgan fingerprint density at radius 2 is 2.10 bits per heavy atom. The first-order valence-corrected chi connectivity index (χ1v) is 6.38. The SMILES string of the molecule is C[C@@H](OC(=O)c1cc2cc([N+](=O)[O-])ccc2s1)C(N)=O. The van der Waals surface area contributed by atoms with Gasteiger partial charge in [0.05, 0.1) is 4.92 Å². The number of hydrogen-bond acceptors (Lipinski definition) is 6. The Kier molecular flexibility index (Phi) is 3.66. The van der Waals surface area contributed by atoms with E-state index >= 15 is 0 Å². The van der Waals surface area contributed by atoms with E-state index in [9.17, 15) is 19.7 Å². The topological polar surface area (TPSA) is 113 Å². The van der Waals surface area contributed by atoms with Crippen LogP contribution in [0.5, 0.6) is 0 Å².